The van der Waals surface area contributed by atoms with Gasteiger partial charge in [0.2, 0.25) is 0 Å². The molecule has 20 heavy (non-hydrogen) atoms. The third-order valence-electron chi connectivity index (χ3n) is 2.23. The molecule has 2 aromatic heterocycles. The van der Waals surface area contributed by atoms with E-state index in [4.69, 9.17) is 19.8 Å². The van der Waals surface area contributed by atoms with Gasteiger partial charge in [0.1, 0.15) is 0 Å². The van der Waals surface area contributed by atoms with Crippen molar-refractivity contribution >= 4 is 18.2 Å². The highest BCUT2D eigenvalue weighted by Gasteiger charge is 2.04. The van der Waals surface area contributed by atoms with Crippen LogP contribution in [0.4, 0.5) is 0 Å². The molecular formula is C13H12N2O5. The van der Waals surface area contributed by atoms with Crippen LogP contribution in [-0.4, -0.2) is 38.0 Å². The lowest BCUT2D eigenvalue weighted by Crippen LogP contribution is -2.09. The zero-order chi connectivity index (χ0) is 15.0. The Balaban J connectivity index is 0.000000286. The van der Waals surface area contributed by atoms with Gasteiger partial charge in [0.25, 0.3) is 0 Å². The fraction of sp³-hybridized carbons (Fsp3) is 0.0769. The Morgan fingerprint density at radius 2 is 1.85 bits per heavy atom. The first-order valence-electron chi connectivity index (χ1n) is 5.51. The van der Waals surface area contributed by atoms with Gasteiger partial charge in [-0.2, -0.15) is 0 Å². The molecule has 7 nitrogen and oxygen atoms in total. The smallest absolute Gasteiger partial charge is 0.414 e. The van der Waals surface area contributed by atoms with Crippen molar-refractivity contribution in [2.45, 2.75) is 6.54 Å². The quantitative estimate of drug-likeness (QED) is 0.636. The lowest BCUT2D eigenvalue weighted by atomic mass is 10.3. The lowest BCUT2D eigenvalue weighted by molar-refractivity contribution is -0.159. The number of pyridine rings is 1. The first kappa shape index (κ1) is 15.1. The van der Waals surface area contributed by atoms with Crippen LogP contribution in [0.25, 0.3) is 0 Å². The number of aldehydes is 1. The summed E-state index contributed by atoms with van der Waals surface area (Å²) >= 11 is 0. The largest absolute Gasteiger partial charge is 0.473 e. The molecule has 0 aromatic carbocycles. The SMILES string of the molecule is O=C(O)C(=O)O.O=Cc1cccn1Cc1ccccn1. The molecule has 0 unspecified atom stereocenters. The Bertz CT molecular complexity index is 580. The van der Waals surface area contributed by atoms with Crippen molar-refractivity contribution in [2.24, 2.45) is 0 Å². The monoisotopic (exact) mass is 276 g/mol. The van der Waals surface area contributed by atoms with Gasteiger partial charge in [-0.1, -0.05) is 6.07 Å². The van der Waals surface area contributed by atoms with Crippen molar-refractivity contribution in [3.05, 3.63) is 54.1 Å². The van der Waals surface area contributed by atoms with Gasteiger partial charge in [-0.15, -0.1) is 0 Å². The summed E-state index contributed by atoms with van der Waals surface area (Å²) in [7, 11) is 0. The van der Waals surface area contributed by atoms with Gasteiger partial charge in [-0.3, -0.25) is 9.78 Å². The molecule has 0 bridgehead atoms. The van der Waals surface area contributed by atoms with Gasteiger partial charge in [0, 0.05) is 12.4 Å². The van der Waals surface area contributed by atoms with Crippen LogP contribution in [0.3, 0.4) is 0 Å². The average Bonchev–Trinajstić information content (AvgIpc) is 2.87. The number of carbonyl (C=O) groups excluding carboxylic acids is 1. The summed E-state index contributed by atoms with van der Waals surface area (Å²) in [6, 6.07) is 9.39. The first-order valence-corrected chi connectivity index (χ1v) is 5.51. The molecule has 104 valence electrons. The normalized spacial score (nSPS) is 9.20. The van der Waals surface area contributed by atoms with E-state index in [0.29, 0.717) is 12.2 Å². The maximum atomic E-state index is 10.6. The van der Waals surface area contributed by atoms with Crippen LogP contribution in [-0.2, 0) is 16.1 Å². The van der Waals surface area contributed by atoms with Gasteiger partial charge in [0.05, 0.1) is 17.9 Å². The molecule has 0 spiro atoms. The molecule has 0 fully saturated rings. The highest BCUT2D eigenvalue weighted by atomic mass is 16.4. The summed E-state index contributed by atoms with van der Waals surface area (Å²) in [6.07, 6.45) is 4.47. The molecular weight excluding hydrogens is 264 g/mol. The van der Waals surface area contributed by atoms with Gasteiger partial charge < -0.3 is 14.8 Å². The summed E-state index contributed by atoms with van der Waals surface area (Å²) in [5, 5.41) is 14.8. The van der Waals surface area contributed by atoms with Crippen molar-refractivity contribution in [3.8, 4) is 0 Å². The minimum atomic E-state index is -1.82. The zero-order valence-corrected chi connectivity index (χ0v) is 10.3. The molecule has 0 radical (unpaired) electrons. The number of aliphatic carboxylic acids is 2. The number of hydrogen-bond donors (Lipinski definition) is 2. The Labute approximate surface area is 114 Å². The van der Waals surface area contributed by atoms with Crippen molar-refractivity contribution in [1.29, 1.82) is 0 Å². The third kappa shape index (κ3) is 4.73. The van der Waals surface area contributed by atoms with Crippen LogP contribution < -0.4 is 0 Å². The van der Waals surface area contributed by atoms with E-state index < -0.39 is 11.9 Å². The minimum Gasteiger partial charge on any atom is -0.473 e. The second-order valence-corrected chi connectivity index (χ2v) is 3.61. The van der Waals surface area contributed by atoms with E-state index in [1.807, 2.05) is 35.0 Å². The number of aromatic nitrogens is 2. The van der Waals surface area contributed by atoms with Crippen molar-refractivity contribution < 1.29 is 24.6 Å². The molecule has 0 atom stereocenters. The minimum absolute atomic E-state index is 0.641. The van der Waals surface area contributed by atoms with Gasteiger partial charge in [0.15, 0.2) is 6.29 Å². The summed E-state index contributed by atoms with van der Waals surface area (Å²) < 4.78 is 1.87. The second kappa shape index (κ2) is 7.47. The summed E-state index contributed by atoms with van der Waals surface area (Å²) in [5.41, 5.74) is 1.63. The predicted molar refractivity (Wildman–Crippen MR) is 68.4 cm³/mol. The van der Waals surface area contributed by atoms with E-state index in [1.54, 1.807) is 12.3 Å². The van der Waals surface area contributed by atoms with E-state index in [1.165, 1.54) is 0 Å². The third-order valence-corrected chi connectivity index (χ3v) is 2.23. The maximum Gasteiger partial charge on any atom is 0.414 e. The number of rotatable bonds is 3. The molecule has 2 heterocycles. The number of carboxylic acid groups (broad SMARTS) is 2. The molecule has 0 aliphatic rings. The summed E-state index contributed by atoms with van der Waals surface area (Å²) in [4.78, 5) is 33.0. The Kier molecular flexibility index (Phi) is 5.64. The number of nitrogens with zero attached hydrogens (tertiary/aromatic N) is 2. The summed E-state index contributed by atoms with van der Waals surface area (Å²) in [5.74, 6) is -3.65. The average molecular weight is 276 g/mol. The Morgan fingerprint density at radius 3 is 2.35 bits per heavy atom. The van der Waals surface area contributed by atoms with Crippen LogP contribution in [0, 0.1) is 0 Å². The molecule has 0 aliphatic carbocycles. The van der Waals surface area contributed by atoms with Crippen LogP contribution in [0.2, 0.25) is 0 Å². The topological polar surface area (TPSA) is 109 Å². The predicted octanol–water partition coefficient (Wildman–Crippen LogP) is 0.900. The van der Waals surface area contributed by atoms with Gasteiger partial charge in [-0.25, -0.2) is 9.59 Å². The fourth-order valence-corrected chi connectivity index (χ4v) is 1.34. The van der Waals surface area contributed by atoms with Crippen LogP contribution in [0.5, 0.6) is 0 Å². The molecule has 7 heteroatoms. The van der Waals surface area contributed by atoms with Crippen LogP contribution in [0.1, 0.15) is 16.2 Å². The molecule has 0 saturated carbocycles. The van der Waals surface area contributed by atoms with E-state index in [2.05, 4.69) is 4.98 Å². The number of hydrogen-bond acceptors (Lipinski definition) is 4. The maximum absolute atomic E-state index is 10.6. The number of carbonyl (C=O) groups is 3. The zero-order valence-electron chi connectivity index (χ0n) is 10.3. The standard InChI is InChI=1S/C11H10N2O.C2H2O4/c14-9-11-5-3-7-13(11)8-10-4-1-2-6-12-10;3-1(4)2(5)6/h1-7,9H,8H2;(H,3,4)(H,5,6). The Morgan fingerprint density at radius 1 is 1.15 bits per heavy atom. The number of carboxylic acids is 2. The second-order valence-electron chi connectivity index (χ2n) is 3.61. The van der Waals surface area contributed by atoms with E-state index in [0.717, 1.165) is 12.0 Å². The van der Waals surface area contributed by atoms with Crippen molar-refractivity contribution in [1.82, 2.24) is 9.55 Å². The highest BCUT2D eigenvalue weighted by Crippen LogP contribution is 2.03. The molecule has 2 aromatic rings. The summed E-state index contributed by atoms with van der Waals surface area (Å²) in [6.45, 7) is 0.641. The van der Waals surface area contributed by atoms with Crippen LogP contribution >= 0.6 is 0 Å². The van der Waals surface area contributed by atoms with Gasteiger partial charge in [-0.05, 0) is 24.3 Å². The Hall–Kier alpha value is -2.96. The highest BCUT2D eigenvalue weighted by molar-refractivity contribution is 6.27. The van der Waals surface area contributed by atoms with E-state index in [-0.39, 0.29) is 0 Å². The van der Waals surface area contributed by atoms with Crippen molar-refractivity contribution in [3.63, 3.8) is 0 Å². The molecule has 2 rings (SSSR count). The molecule has 0 amide bonds. The lowest BCUT2D eigenvalue weighted by Gasteiger charge is -2.03. The molecule has 0 saturated heterocycles. The van der Waals surface area contributed by atoms with Crippen LogP contribution in [0.15, 0.2) is 42.7 Å². The van der Waals surface area contributed by atoms with Crippen molar-refractivity contribution in [2.75, 3.05) is 0 Å². The van der Waals surface area contributed by atoms with E-state index >= 15 is 0 Å². The molecule has 0 aliphatic heterocycles. The van der Waals surface area contributed by atoms with Gasteiger partial charge >= 0.3 is 11.9 Å². The van der Waals surface area contributed by atoms with E-state index in [9.17, 15) is 4.79 Å². The fourth-order valence-electron chi connectivity index (χ4n) is 1.34. The molecule has 2 N–H and O–H groups in total. The first-order chi connectivity index (χ1) is 9.54.